The molecule has 0 aliphatic carbocycles. The van der Waals surface area contributed by atoms with Crippen molar-refractivity contribution in [2.45, 2.75) is 12.5 Å². The maximum atomic E-state index is 10.9. The zero-order valence-corrected chi connectivity index (χ0v) is 11.4. The number of rotatable bonds is 3. The molecule has 2 heterocycles. The Morgan fingerprint density at radius 3 is 3.05 bits per heavy atom. The van der Waals surface area contributed by atoms with Gasteiger partial charge in [0.1, 0.15) is 6.04 Å². The molecule has 0 aromatic heterocycles. The van der Waals surface area contributed by atoms with Crippen molar-refractivity contribution in [3.8, 4) is 17.2 Å². The third-order valence-corrected chi connectivity index (χ3v) is 3.87. The summed E-state index contributed by atoms with van der Waals surface area (Å²) in [5.74, 6) is 1.77. The van der Waals surface area contributed by atoms with Gasteiger partial charge in [-0.05, 0) is 25.1 Å². The molecule has 0 N–H and O–H groups in total. The first-order valence-electron chi connectivity index (χ1n) is 6.43. The van der Waals surface area contributed by atoms with E-state index in [0.717, 1.165) is 24.1 Å². The van der Waals surface area contributed by atoms with Gasteiger partial charge < -0.3 is 14.2 Å². The highest BCUT2D eigenvalue weighted by Gasteiger charge is 2.36. The molecule has 0 saturated heterocycles. The lowest BCUT2D eigenvalue weighted by atomic mass is 9.91. The molecule has 0 amide bonds. The van der Waals surface area contributed by atoms with Crippen LogP contribution in [0, 0.1) is 10.1 Å². The van der Waals surface area contributed by atoms with Gasteiger partial charge in [-0.15, -0.1) is 0 Å². The number of benzene rings is 1. The number of nitro groups is 1. The fourth-order valence-corrected chi connectivity index (χ4v) is 2.90. The molecule has 7 nitrogen and oxygen atoms in total. The predicted molar refractivity (Wildman–Crippen MR) is 70.1 cm³/mol. The molecule has 0 radical (unpaired) electrons. The average Bonchev–Trinajstić information content (AvgIpc) is 2.87. The van der Waals surface area contributed by atoms with Crippen LogP contribution in [0.4, 0.5) is 0 Å². The summed E-state index contributed by atoms with van der Waals surface area (Å²) >= 11 is 0. The van der Waals surface area contributed by atoms with Gasteiger partial charge in [0, 0.05) is 17.0 Å². The van der Waals surface area contributed by atoms with E-state index in [2.05, 4.69) is 0 Å². The van der Waals surface area contributed by atoms with Crippen molar-refractivity contribution in [1.29, 1.82) is 0 Å². The van der Waals surface area contributed by atoms with Crippen LogP contribution in [0.25, 0.3) is 0 Å². The highest BCUT2D eigenvalue weighted by atomic mass is 16.7. The molecule has 1 aromatic carbocycles. The first-order valence-corrected chi connectivity index (χ1v) is 6.43. The normalized spacial score (nSPS) is 20.6. The Hall–Kier alpha value is -2.02. The molecular weight excluding hydrogens is 264 g/mol. The fraction of sp³-hybridized carbons (Fsp3) is 0.538. The topological polar surface area (TPSA) is 74.1 Å². The monoisotopic (exact) mass is 280 g/mol. The number of nitrogens with zero attached hydrogens (tertiary/aromatic N) is 2. The van der Waals surface area contributed by atoms with Crippen LogP contribution in [0.2, 0.25) is 0 Å². The van der Waals surface area contributed by atoms with Crippen LogP contribution < -0.4 is 14.2 Å². The van der Waals surface area contributed by atoms with Gasteiger partial charge in [-0.1, -0.05) is 0 Å². The second kappa shape index (κ2) is 4.82. The van der Waals surface area contributed by atoms with Crippen LogP contribution in [0.15, 0.2) is 6.07 Å². The van der Waals surface area contributed by atoms with Crippen molar-refractivity contribution in [2.24, 2.45) is 0 Å². The molecule has 0 spiro atoms. The van der Waals surface area contributed by atoms with Crippen molar-refractivity contribution < 1.29 is 19.1 Å². The van der Waals surface area contributed by atoms with E-state index in [4.69, 9.17) is 14.2 Å². The number of ether oxygens (including phenoxy) is 3. The fourth-order valence-electron chi connectivity index (χ4n) is 2.90. The first-order chi connectivity index (χ1) is 9.61. The third-order valence-electron chi connectivity index (χ3n) is 3.87. The van der Waals surface area contributed by atoms with Crippen LogP contribution in [0.5, 0.6) is 17.2 Å². The summed E-state index contributed by atoms with van der Waals surface area (Å²) in [5.41, 5.74) is 1.89. The van der Waals surface area contributed by atoms with Gasteiger partial charge in [0.2, 0.25) is 19.1 Å². The van der Waals surface area contributed by atoms with E-state index < -0.39 is 0 Å². The van der Waals surface area contributed by atoms with Crippen LogP contribution in [0.3, 0.4) is 0 Å². The van der Waals surface area contributed by atoms with Gasteiger partial charge >= 0.3 is 0 Å². The second-order valence-electron chi connectivity index (χ2n) is 4.98. The van der Waals surface area contributed by atoms with E-state index in [9.17, 15) is 10.1 Å². The number of methoxy groups -OCH3 is 1. The van der Waals surface area contributed by atoms with Crippen molar-refractivity contribution in [1.82, 2.24) is 4.90 Å². The van der Waals surface area contributed by atoms with Crippen molar-refractivity contribution in [2.75, 3.05) is 34.0 Å². The molecule has 1 aromatic rings. The molecule has 2 aliphatic rings. The number of likely N-dealkylation sites (N-methyl/N-ethyl adjacent to an activating group) is 1. The van der Waals surface area contributed by atoms with E-state index in [1.54, 1.807) is 7.11 Å². The Labute approximate surface area is 116 Å². The van der Waals surface area contributed by atoms with E-state index in [0.29, 0.717) is 17.2 Å². The van der Waals surface area contributed by atoms with Crippen LogP contribution >= 0.6 is 0 Å². The van der Waals surface area contributed by atoms with Gasteiger partial charge in [0.25, 0.3) is 0 Å². The Bertz CT molecular complexity index is 560. The lowest BCUT2D eigenvalue weighted by Gasteiger charge is -2.33. The molecule has 108 valence electrons. The van der Waals surface area contributed by atoms with Crippen LogP contribution in [0.1, 0.15) is 17.2 Å². The third kappa shape index (κ3) is 1.94. The van der Waals surface area contributed by atoms with Gasteiger partial charge in [-0.25, -0.2) is 0 Å². The second-order valence-corrected chi connectivity index (χ2v) is 4.98. The molecule has 0 fully saturated rings. The van der Waals surface area contributed by atoms with Crippen molar-refractivity contribution in [3.05, 3.63) is 27.3 Å². The quantitative estimate of drug-likeness (QED) is 0.612. The van der Waals surface area contributed by atoms with E-state index in [1.165, 1.54) is 0 Å². The minimum absolute atomic E-state index is 0.153. The van der Waals surface area contributed by atoms with E-state index in [-0.39, 0.29) is 24.3 Å². The number of hydrogen-bond acceptors (Lipinski definition) is 6. The average molecular weight is 280 g/mol. The number of fused-ring (bicyclic) bond motifs is 2. The Morgan fingerprint density at radius 2 is 2.35 bits per heavy atom. The largest absolute Gasteiger partial charge is 0.492 e. The smallest absolute Gasteiger partial charge is 0.231 e. The molecule has 7 heteroatoms. The minimum atomic E-state index is -0.307. The standard InChI is InChI=1S/C13H16N2O5/c1-14-4-3-8-5-10-12(20-7-19-10)13(18-2)11(8)9(14)6-15(16)17/h5,9H,3-4,6-7H2,1-2H3/t9-/m0/s1. The molecular formula is C13H16N2O5. The zero-order valence-electron chi connectivity index (χ0n) is 11.4. The summed E-state index contributed by atoms with van der Waals surface area (Å²) in [7, 11) is 3.44. The maximum absolute atomic E-state index is 10.9. The lowest BCUT2D eigenvalue weighted by molar-refractivity contribution is -0.488. The molecule has 0 saturated carbocycles. The summed E-state index contributed by atoms with van der Waals surface area (Å²) in [6.45, 7) is 0.776. The maximum Gasteiger partial charge on any atom is 0.231 e. The molecule has 20 heavy (non-hydrogen) atoms. The highest BCUT2D eigenvalue weighted by Crippen LogP contribution is 2.49. The van der Waals surface area contributed by atoms with Crippen molar-refractivity contribution >= 4 is 0 Å². The summed E-state index contributed by atoms with van der Waals surface area (Å²) in [5, 5.41) is 10.9. The Balaban J connectivity index is 2.14. The van der Waals surface area contributed by atoms with Gasteiger partial charge in [-0.2, -0.15) is 0 Å². The molecule has 3 rings (SSSR count). The van der Waals surface area contributed by atoms with Gasteiger partial charge in [-0.3, -0.25) is 15.0 Å². The van der Waals surface area contributed by atoms with Gasteiger partial charge in [0.05, 0.1) is 7.11 Å². The van der Waals surface area contributed by atoms with E-state index in [1.807, 2.05) is 18.0 Å². The number of hydrogen-bond donors (Lipinski definition) is 0. The minimum Gasteiger partial charge on any atom is -0.492 e. The molecule has 0 unspecified atom stereocenters. The summed E-state index contributed by atoms with van der Waals surface area (Å²) in [4.78, 5) is 12.6. The summed E-state index contributed by atoms with van der Waals surface area (Å²) in [6.07, 6.45) is 0.813. The summed E-state index contributed by atoms with van der Waals surface area (Å²) in [6, 6.07) is 1.61. The summed E-state index contributed by atoms with van der Waals surface area (Å²) < 4.78 is 16.3. The Kier molecular flexibility index (Phi) is 3.13. The molecule has 2 aliphatic heterocycles. The van der Waals surface area contributed by atoms with E-state index >= 15 is 0 Å². The molecule has 1 atom stereocenters. The predicted octanol–water partition coefficient (Wildman–Crippen LogP) is 1.23. The van der Waals surface area contributed by atoms with Crippen molar-refractivity contribution in [3.63, 3.8) is 0 Å². The zero-order chi connectivity index (χ0) is 14.3. The Morgan fingerprint density at radius 1 is 1.55 bits per heavy atom. The first kappa shape index (κ1) is 13.0. The SMILES string of the molecule is COc1c2c(cc3c1[C@H](C[N+](=O)[O-])N(C)CC3)OCO2. The van der Waals surface area contributed by atoms with Gasteiger partial charge in [0.15, 0.2) is 11.5 Å². The lowest BCUT2D eigenvalue weighted by Crippen LogP contribution is -2.36. The highest BCUT2D eigenvalue weighted by molar-refractivity contribution is 5.61. The molecule has 0 bridgehead atoms. The van der Waals surface area contributed by atoms with Crippen LogP contribution in [-0.2, 0) is 6.42 Å². The van der Waals surface area contributed by atoms with Crippen LogP contribution in [-0.4, -0.2) is 43.9 Å².